The average Bonchev–Trinajstić information content (AvgIpc) is 1.86. The topological polar surface area (TPSA) is 57.5 Å². The number of aliphatic hydroxyl groups is 2. The number of carbonyl (C=O) groups is 1. The second-order valence-corrected chi connectivity index (χ2v) is 2.32. The van der Waals surface area contributed by atoms with Gasteiger partial charge in [-0.1, -0.05) is 6.58 Å². The summed E-state index contributed by atoms with van der Waals surface area (Å²) in [6.07, 6.45) is 1.10. The third-order valence-corrected chi connectivity index (χ3v) is 1.31. The maximum absolute atomic E-state index is 10.7. The van der Waals surface area contributed by atoms with E-state index in [1.165, 1.54) is 6.92 Å². The fourth-order valence-electron chi connectivity index (χ4n) is 0.561. The van der Waals surface area contributed by atoms with Gasteiger partial charge >= 0.3 is 0 Å². The van der Waals surface area contributed by atoms with Gasteiger partial charge in [0.15, 0.2) is 5.78 Å². The Kier molecular flexibility index (Phi) is 3.25. The SMILES string of the molecule is C=CC(=O)C(C)(O)CCO. The molecule has 0 aromatic heterocycles. The van der Waals surface area contributed by atoms with E-state index in [1.807, 2.05) is 0 Å². The van der Waals surface area contributed by atoms with Crippen LogP contribution in [0.4, 0.5) is 0 Å². The van der Waals surface area contributed by atoms with Crippen molar-refractivity contribution in [3.63, 3.8) is 0 Å². The first-order valence-corrected chi connectivity index (χ1v) is 3.04. The molecule has 1 atom stereocenters. The molecule has 0 aliphatic rings. The van der Waals surface area contributed by atoms with Crippen LogP contribution in [0, 0.1) is 0 Å². The third-order valence-electron chi connectivity index (χ3n) is 1.31. The van der Waals surface area contributed by atoms with Gasteiger partial charge in [-0.2, -0.15) is 0 Å². The fraction of sp³-hybridized carbons (Fsp3) is 0.571. The molecule has 0 rings (SSSR count). The van der Waals surface area contributed by atoms with E-state index in [4.69, 9.17) is 5.11 Å². The summed E-state index contributed by atoms with van der Waals surface area (Å²) in [4.78, 5) is 10.7. The van der Waals surface area contributed by atoms with Crippen molar-refractivity contribution in [1.29, 1.82) is 0 Å². The van der Waals surface area contributed by atoms with E-state index in [0.29, 0.717) is 0 Å². The second kappa shape index (κ2) is 3.49. The standard InChI is InChI=1S/C7H12O3/c1-3-6(9)7(2,10)4-5-8/h3,8,10H,1,4-5H2,2H3. The van der Waals surface area contributed by atoms with Crippen LogP contribution in [0.5, 0.6) is 0 Å². The van der Waals surface area contributed by atoms with Crippen LogP contribution in [0.15, 0.2) is 12.7 Å². The number of hydrogen-bond acceptors (Lipinski definition) is 3. The summed E-state index contributed by atoms with van der Waals surface area (Å²) in [7, 11) is 0. The highest BCUT2D eigenvalue weighted by Gasteiger charge is 2.26. The van der Waals surface area contributed by atoms with Gasteiger partial charge < -0.3 is 10.2 Å². The first-order chi connectivity index (χ1) is 4.54. The van der Waals surface area contributed by atoms with Crippen molar-refractivity contribution in [2.75, 3.05) is 6.61 Å². The van der Waals surface area contributed by atoms with Crippen LogP contribution in [-0.2, 0) is 4.79 Å². The number of hydrogen-bond donors (Lipinski definition) is 2. The zero-order valence-electron chi connectivity index (χ0n) is 6.00. The molecule has 3 nitrogen and oxygen atoms in total. The van der Waals surface area contributed by atoms with Crippen molar-refractivity contribution in [2.24, 2.45) is 0 Å². The summed E-state index contributed by atoms with van der Waals surface area (Å²) in [5, 5.41) is 17.6. The summed E-state index contributed by atoms with van der Waals surface area (Å²) in [5.74, 6) is -0.457. The summed E-state index contributed by atoms with van der Waals surface area (Å²) >= 11 is 0. The Bertz CT molecular complexity index is 138. The number of ketones is 1. The Morgan fingerprint density at radius 3 is 2.60 bits per heavy atom. The van der Waals surface area contributed by atoms with Crippen molar-refractivity contribution in [3.05, 3.63) is 12.7 Å². The average molecular weight is 144 g/mol. The van der Waals surface area contributed by atoms with Crippen molar-refractivity contribution in [1.82, 2.24) is 0 Å². The Hall–Kier alpha value is -0.670. The van der Waals surface area contributed by atoms with Gasteiger partial charge in [-0.25, -0.2) is 0 Å². The van der Waals surface area contributed by atoms with Crippen LogP contribution in [0.2, 0.25) is 0 Å². The molecule has 0 heterocycles. The third kappa shape index (κ3) is 2.29. The monoisotopic (exact) mass is 144 g/mol. The minimum atomic E-state index is -1.45. The first kappa shape index (κ1) is 9.33. The van der Waals surface area contributed by atoms with Gasteiger partial charge in [-0.15, -0.1) is 0 Å². The predicted molar refractivity (Wildman–Crippen MR) is 37.5 cm³/mol. The van der Waals surface area contributed by atoms with Crippen molar-refractivity contribution >= 4 is 5.78 Å². The maximum Gasteiger partial charge on any atom is 0.186 e. The van der Waals surface area contributed by atoms with Crippen molar-refractivity contribution < 1.29 is 15.0 Å². The molecular formula is C7H12O3. The summed E-state index contributed by atoms with van der Waals surface area (Å²) in [6.45, 7) is 4.37. The molecule has 0 fully saturated rings. The first-order valence-electron chi connectivity index (χ1n) is 3.04. The summed E-state index contributed by atoms with van der Waals surface area (Å²) in [5.41, 5.74) is -1.45. The Morgan fingerprint density at radius 2 is 2.30 bits per heavy atom. The lowest BCUT2D eigenvalue weighted by Gasteiger charge is -2.17. The van der Waals surface area contributed by atoms with Crippen molar-refractivity contribution in [3.8, 4) is 0 Å². The molecule has 0 spiro atoms. The normalized spacial score (nSPS) is 15.9. The van der Waals surface area contributed by atoms with Gasteiger partial charge in [0.1, 0.15) is 5.60 Å². The van der Waals surface area contributed by atoms with Gasteiger partial charge in [-0.3, -0.25) is 4.79 Å². The molecule has 0 aromatic rings. The maximum atomic E-state index is 10.7. The van der Waals surface area contributed by atoms with Crippen LogP contribution in [0.1, 0.15) is 13.3 Å². The number of carbonyl (C=O) groups excluding carboxylic acids is 1. The predicted octanol–water partition coefficient (Wildman–Crippen LogP) is -0.125. The molecule has 0 saturated heterocycles. The van der Waals surface area contributed by atoms with Crippen LogP contribution >= 0.6 is 0 Å². The molecular weight excluding hydrogens is 132 g/mol. The van der Waals surface area contributed by atoms with E-state index in [1.54, 1.807) is 0 Å². The zero-order chi connectivity index (χ0) is 8.20. The van der Waals surface area contributed by atoms with E-state index in [9.17, 15) is 9.90 Å². The fourth-order valence-corrected chi connectivity index (χ4v) is 0.561. The smallest absolute Gasteiger partial charge is 0.186 e. The van der Waals surface area contributed by atoms with Crippen LogP contribution in [0.25, 0.3) is 0 Å². The molecule has 0 bridgehead atoms. The summed E-state index contributed by atoms with van der Waals surface area (Å²) in [6, 6.07) is 0. The van der Waals surface area contributed by atoms with Gasteiger partial charge in [0, 0.05) is 13.0 Å². The van der Waals surface area contributed by atoms with E-state index in [-0.39, 0.29) is 13.0 Å². The molecule has 0 aromatic carbocycles. The largest absolute Gasteiger partial charge is 0.396 e. The minimum Gasteiger partial charge on any atom is -0.396 e. The lowest BCUT2D eigenvalue weighted by molar-refractivity contribution is -0.131. The van der Waals surface area contributed by atoms with E-state index < -0.39 is 11.4 Å². The van der Waals surface area contributed by atoms with Gasteiger partial charge in [-0.05, 0) is 13.0 Å². The van der Waals surface area contributed by atoms with Crippen LogP contribution < -0.4 is 0 Å². The highest BCUT2D eigenvalue weighted by Crippen LogP contribution is 2.09. The molecule has 0 amide bonds. The Balaban J connectivity index is 4.08. The van der Waals surface area contributed by atoms with Gasteiger partial charge in [0.05, 0.1) is 0 Å². The van der Waals surface area contributed by atoms with E-state index >= 15 is 0 Å². The zero-order valence-corrected chi connectivity index (χ0v) is 6.00. The molecule has 2 N–H and O–H groups in total. The lowest BCUT2D eigenvalue weighted by atomic mass is 9.97. The number of aliphatic hydroxyl groups excluding tert-OH is 1. The molecule has 3 heteroatoms. The highest BCUT2D eigenvalue weighted by molar-refractivity contribution is 5.95. The molecule has 1 unspecified atom stereocenters. The Labute approximate surface area is 60.0 Å². The Morgan fingerprint density at radius 1 is 1.80 bits per heavy atom. The van der Waals surface area contributed by atoms with Gasteiger partial charge in [0.25, 0.3) is 0 Å². The molecule has 0 aliphatic carbocycles. The molecule has 0 aliphatic heterocycles. The van der Waals surface area contributed by atoms with Gasteiger partial charge in [0.2, 0.25) is 0 Å². The molecule has 58 valence electrons. The van der Waals surface area contributed by atoms with E-state index in [0.717, 1.165) is 6.08 Å². The summed E-state index contributed by atoms with van der Waals surface area (Å²) < 4.78 is 0. The van der Waals surface area contributed by atoms with Crippen molar-refractivity contribution in [2.45, 2.75) is 18.9 Å². The van der Waals surface area contributed by atoms with Crippen LogP contribution in [-0.4, -0.2) is 28.2 Å². The molecule has 10 heavy (non-hydrogen) atoms. The highest BCUT2D eigenvalue weighted by atomic mass is 16.3. The van der Waals surface area contributed by atoms with Crippen LogP contribution in [0.3, 0.4) is 0 Å². The van der Waals surface area contributed by atoms with E-state index in [2.05, 4.69) is 6.58 Å². The minimum absolute atomic E-state index is 0.0534. The number of rotatable bonds is 4. The molecule has 0 saturated carbocycles. The lowest BCUT2D eigenvalue weighted by Crippen LogP contribution is -2.34. The second-order valence-electron chi connectivity index (χ2n) is 2.32. The molecule has 0 radical (unpaired) electrons. The quantitative estimate of drug-likeness (QED) is 0.540.